The SMILES string of the molecule is COCC(=O)N1CCCN(C2=Nc3ccccc3Oc3ccc(OC)cc32)CC1. The lowest BCUT2D eigenvalue weighted by molar-refractivity contribution is -0.134. The number of benzene rings is 2. The summed E-state index contributed by atoms with van der Waals surface area (Å²) >= 11 is 0. The molecule has 2 aliphatic heterocycles. The van der Waals surface area contributed by atoms with Gasteiger partial charge >= 0.3 is 0 Å². The molecule has 152 valence electrons. The summed E-state index contributed by atoms with van der Waals surface area (Å²) in [6.45, 7) is 2.94. The van der Waals surface area contributed by atoms with E-state index < -0.39 is 0 Å². The number of para-hydroxylation sites is 2. The number of carbonyl (C=O) groups excluding carboxylic acids is 1. The highest BCUT2D eigenvalue weighted by molar-refractivity contribution is 6.04. The number of rotatable bonds is 3. The van der Waals surface area contributed by atoms with E-state index in [4.69, 9.17) is 19.2 Å². The van der Waals surface area contributed by atoms with Gasteiger partial charge in [-0.3, -0.25) is 4.79 Å². The Bertz CT molecular complexity index is 928. The molecule has 0 bridgehead atoms. The van der Waals surface area contributed by atoms with Gasteiger partial charge < -0.3 is 24.0 Å². The number of amides is 1. The Labute approximate surface area is 170 Å². The highest BCUT2D eigenvalue weighted by Crippen LogP contribution is 2.39. The second kappa shape index (κ2) is 8.53. The summed E-state index contributed by atoms with van der Waals surface area (Å²) in [4.78, 5) is 21.3. The molecule has 1 amide bonds. The standard InChI is InChI=1S/C22H25N3O4/c1-27-15-21(26)24-10-5-11-25(13-12-24)22-17-14-16(28-2)8-9-19(17)29-20-7-4-3-6-18(20)23-22/h3-4,6-9,14H,5,10-13,15H2,1-2H3. The van der Waals surface area contributed by atoms with Crippen molar-refractivity contribution in [3.05, 3.63) is 48.0 Å². The minimum Gasteiger partial charge on any atom is -0.497 e. The minimum absolute atomic E-state index is 0.0212. The summed E-state index contributed by atoms with van der Waals surface area (Å²) in [5.74, 6) is 3.07. The molecule has 0 saturated carbocycles. The smallest absolute Gasteiger partial charge is 0.248 e. The molecule has 1 saturated heterocycles. The lowest BCUT2D eigenvalue weighted by Gasteiger charge is -2.25. The third-order valence-electron chi connectivity index (χ3n) is 5.16. The number of amidine groups is 1. The molecule has 0 aliphatic carbocycles. The molecule has 0 atom stereocenters. The molecule has 2 aromatic rings. The van der Waals surface area contributed by atoms with Crippen molar-refractivity contribution in [3.63, 3.8) is 0 Å². The van der Waals surface area contributed by atoms with Gasteiger partial charge in [0, 0.05) is 33.3 Å². The maximum atomic E-state index is 12.3. The summed E-state index contributed by atoms with van der Waals surface area (Å²) in [6, 6.07) is 13.5. The fraction of sp³-hybridized carbons (Fsp3) is 0.364. The van der Waals surface area contributed by atoms with Gasteiger partial charge in [0.1, 0.15) is 29.6 Å². The van der Waals surface area contributed by atoms with Crippen LogP contribution in [-0.2, 0) is 9.53 Å². The van der Waals surface area contributed by atoms with Crippen LogP contribution in [0, 0.1) is 0 Å². The van der Waals surface area contributed by atoms with Crippen LogP contribution >= 0.6 is 0 Å². The van der Waals surface area contributed by atoms with Crippen molar-refractivity contribution in [2.45, 2.75) is 6.42 Å². The Balaban J connectivity index is 1.69. The van der Waals surface area contributed by atoms with Gasteiger partial charge in [-0.25, -0.2) is 4.99 Å². The van der Waals surface area contributed by atoms with Crippen LogP contribution in [0.4, 0.5) is 5.69 Å². The zero-order valence-electron chi connectivity index (χ0n) is 16.8. The minimum atomic E-state index is 0.0212. The molecule has 0 spiro atoms. The van der Waals surface area contributed by atoms with Crippen molar-refractivity contribution in [1.82, 2.24) is 9.80 Å². The van der Waals surface area contributed by atoms with Gasteiger partial charge in [0.25, 0.3) is 0 Å². The van der Waals surface area contributed by atoms with Crippen LogP contribution in [0.15, 0.2) is 47.5 Å². The predicted molar refractivity (Wildman–Crippen MR) is 110 cm³/mol. The molecule has 1 fully saturated rings. The van der Waals surface area contributed by atoms with Crippen LogP contribution in [0.25, 0.3) is 0 Å². The molecule has 0 radical (unpaired) electrons. The predicted octanol–water partition coefficient (Wildman–Crippen LogP) is 3.06. The number of carbonyl (C=O) groups is 1. The fourth-order valence-corrected chi connectivity index (χ4v) is 3.66. The molecule has 2 aromatic carbocycles. The van der Waals surface area contributed by atoms with E-state index in [9.17, 15) is 4.79 Å². The average Bonchev–Trinajstić information content (AvgIpc) is 3.08. The van der Waals surface area contributed by atoms with Gasteiger partial charge in [-0.15, -0.1) is 0 Å². The summed E-state index contributed by atoms with van der Waals surface area (Å²) in [5.41, 5.74) is 1.67. The number of hydrogen-bond acceptors (Lipinski definition) is 6. The number of methoxy groups -OCH3 is 2. The normalized spacial score (nSPS) is 16.0. The number of hydrogen-bond donors (Lipinski definition) is 0. The lowest BCUT2D eigenvalue weighted by Crippen LogP contribution is -2.38. The van der Waals surface area contributed by atoms with Gasteiger partial charge in [-0.2, -0.15) is 0 Å². The molecular formula is C22H25N3O4. The van der Waals surface area contributed by atoms with Gasteiger partial charge in [0.2, 0.25) is 5.91 Å². The largest absolute Gasteiger partial charge is 0.497 e. The van der Waals surface area contributed by atoms with Crippen LogP contribution in [0.3, 0.4) is 0 Å². The van der Waals surface area contributed by atoms with Crippen LogP contribution in [0.2, 0.25) is 0 Å². The number of nitrogens with zero attached hydrogens (tertiary/aromatic N) is 3. The molecule has 0 N–H and O–H groups in total. The molecule has 2 aliphatic rings. The third-order valence-corrected chi connectivity index (χ3v) is 5.16. The fourth-order valence-electron chi connectivity index (χ4n) is 3.66. The summed E-state index contributed by atoms with van der Waals surface area (Å²) < 4.78 is 16.6. The maximum Gasteiger partial charge on any atom is 0.248 e. The Hall–Kier alpha value is -3.06. The van der Waals surface area contributed by atoms with Crippen LogP contribution in [-0.4, -0.2) is 68.5 Å². The van der Waals surface area contributed by atoms with Gasteiger partial charge in [-0.1, -0.05) is 12.1 Å². The van der Waals surface area contributed by atoms with E-state index in [0.717, 1.165) is 47.3 Å². The monoisotopic (exact) mass is 395 g/mol. The molecule has 0 aromatic heterocycles. The second-order valence-corrected chi connectivity index (χ2v) is 7.02. The molecule has 4 rings (SSSR count). The first-order chi connectivity index (χ1) is 14.2. The Kier molecular flexibility index (Phi) is 5.67. The Morgan fingerprint density at radius 3 is 2.76 bits per heavy atom. The second-order valence-electron chi connectivity index (χ2n) is 7.02. The van der Waals surface area contributed by atoms with Crippen molar-refractivity contribution < 1.29 is 19.0 Å². The van der Waals surface area contributed by atoms with E-state index in [2.05, 4.69) is 4.90 Å². The molecule has 0 unspecified atom stereocenters. The first kappa shape index (κ1) is 19.3. The van der Waals surface area contributed by atoms with E-state index in [1.807, 2.05) is 47.4 Å². The molecule has 29 heavy (non-hydrogen) atoms. The summed E-state index contributed by atoms with van der Waals surface area (Å²) in [5, 5.41) is 0. The topological polar surface area (TPSA) is 63.6 Å². The van der Waals surface area contributed by atoms with Gasteiger partial charge in [0.15, 0.2) is 5.75 Å². The molecule has 2 heterocycles. The van der Waals surface area contributed by atoms with Gasteiger partial charge in [0.05, 0.1) is 12.7 Å². The Morgan fingerprint density at radius 1 is 1.07 bits per heavy atom. The molecule has 7 heteroatoms. The van der Waals surface area contributed by atoms with E-state index >= 15 is 0 Å². The number of ether oxygens (including phenoxy) is 3. The van der Waals surface area contributed by atoms with E-state index in [1.165, 1.54) is 0 Å². The average molecular weight is 395 g/mol. The van der Waals surface area contributed by atoms with Crippen molar-refractivity contribution in [2.24, 2.45) is 4.99 Å². The maximum absolute atomic E-state index is 12.3. The quantitative estimate of drug-likeness (QED) is 0.799. The van der Waals surface area contributed by atoms with Crippen LogP contribution in [0.5, 0.6) is 17.2 Å². The summed E-state index contributed by atoms with van der Waals surface area (Å²) in [6.07, 6.45) is 0.857. The van der Waals surface area contributed by atoms with Crippen LogP contribution < -0.4 is 9.47 Å². The van der Waals surface area contributed by atoms with E-state index in [-0.39, 0.29) is 12.5 Å². The van der Waals surface area contributed by atoms with Gasteiger partial charge in [-0.05, 0) is 36.8 Å². The van der Waals surface area contributed by atoms with Crippen molar-refractivity contribution >= 4 is 17.4 Å². The number of fused-ring (bicyclic) bond motifs is 2. The zero-order chi connectivity index (χ0) is 20.2. The lowest BCUT2D eigenvalue weighted by atomic mass is 10.1. The highest BCUT2D eigenvalue weighted by atomic mass is 16.5. The Morgan fingerprint density at radius 2 is 1.93 bits per heavy atom. The zero-order valence-corrected chi connectivity index (χ0v) is 16.8. The van der Waals surface area contributed by atoms with E-state index in [1.54, 1.807) is 14.2 Å². The molecular weight excluding hydrogens is 370 g/mol. The van der Waals surface area contributed by atoms with E-state index in [0.29, 0.717) is 19.6 Å². The van der Waals surface area contributed by atoms with Crippen molar-refractivity contribution in [2.75, 3.05) is 47.0 Å². The molecule has 7 nitrogen and oxygen atoms in total. The van der Waals surface area contributed by atoms with Crippen molar-refractivity contribution in [1.29, 1.82) is 0 Å². The van der Waals surface area contributed by atoms with Crippen LogP contribution in [0.1, 0.15) is 12.0 Å². The first-order valence-corrected chi connectivity index (χ1v) is 9.75. The highest BCUT2D eigenvalue weighted by Gasteiger charge is 2.26. The first-order valence-electron chi connectivity index (χ1n) is 9.75. The summed E-state index contributed by atoms with van der Waals surface area (Å²) in [7, 11) is 3.19. The third kappa shape index (κ3) is 4.05. The number of aliphatic imine (C=N–C) groups is 1. The van der Waals surface area contributed by atoms with Crippen molar-refractivity contribution in [3.8, 4) is 17.2 Å².